The van der Waals surface area contributed by atoms with Crippen molar-refractivity contribution in [2.24, 2.45) is 0 Å². The molecule has 7 nitrogen and oxygen atoms in total. The average molecular weight is 402 g/mol. The fourth-order valence-corrected chi connectivity index (χ4v) is 3.97. The van der Waals surface area contributed by atoms with Crippen LogP contribution in [0.5, 0.6) is 0 Å². The van der Waals surface area contributed by atoms with E-state index in [0.717, 1.165) is 50.6 Å². The van der Waals surface area contributed by atoms with Crippen LogP contribution >= 0.6 is 0 Å². The van der Waals surface area contributed by atoms with E-state index in [1.165, 1.54) is 20.2 Å². The maximum Gasteiger partial charge on any atom is 0.282 e. The van der Waals surface area contributed by atoms with Gasteiger partial charge in [-0.15, -0.1) is 0 Å². The van der Waals surface area contributed by atoms with Crippen LogP contribution < -0.4 is 10.3 Å². The van der Waals surface area contributed by atoms with E-state index in [9.17, 15) is 9.59 Å². The molecule has 1 aliphatic heterocycles. The van der Waals surface area contributed by atoms with Crippen LogP contribution in [0.15, 0.2) is 23.1 Å². The van der Waals surface area contributed by atoms with Crippen LogP contribution in [0, 0.1) is 5.82 Å². The van der Waals surface area contributed by atoms with Gasteiger partial charge in [-0.2, -0.15) is 0 Å². The van der Waals surface area contributed by atoms with Crippen LogP contribution in [0.3, 0.4) is 0 Å². The van der Waals surface area contributed by atoms with E-state index in [1.807, 2.05) is 9.47 Å². The van der Waals surface area contributed by atoms with E-state index in [1.54, 1.807) is 12.3 Å². The van der Waals surface area contributed by atoms with Crippen molar-refractivity contribution in [3.8, 4) is 0 Å². The molecule has 1 amide bonds. The summed E-state index contributed by atoms with van der Waals surface area (Å²) in [7, 11) is 2.82. The van der Waals surface area contributed by atoms with Crippen LogP contribution in [-0.2, 0) is 4.84 Å². The zero-order valence-electron chi connectivity index (χ0n) is 17.2. The molecule has 0 N–H and O–H groups in total. The van der Waals surface area contributed by atoms with E-state index in [2.05, 4.69) is 11.8 Å². The van der Waals surface area contributed by atoms with Crippen molar-refractivity contribution in [1.29, 1.82) is 0 Å². The van der Waals surface area contributed by atoms with Crippen molar-refractivity contribution in [2.75, 3.05) is 51.8 Å². The van der Waals surface area contributed by atoms with Crippen LogP contribution in [0.25, 0.3) is 10.9 Å². The highest BCUT2D eigenvalue weighted by atomic mass is 19.1. The maximum absolute atomic E-state index is 15.0. The average Bonchev–Trinajstić information content (AvgIpc) is 3.58. The first-order chi connectivity index (χ1) is 13.9. The van der Waals surface area contributed by atoms with Gasteiger partial charge in [-0.25, -0.2) is 9.45 Å². The van der Waals surface area contributed by atoms with Gasteiger partial charge in [-0.05, 0) is 31.5 Å². The Kier molecular flexibility index (Phi) is 5.31. The maximum atomic E-state index is 15.0. The molecule has 4 rings (SSSR count). The molecule has 2 heterocycles. The number of hydrogen-bond acceptors (Lipinski definition) is 5. The number of halogens is 1. The number of likely N-dealkylation sites (N-methyl/N-ethyl adjacent to an activating group) is 1. The number of hydroxylamine groups is 2. The summed E-state index contributed by atoms with van der Waals surface area (Å²) < 4.78 is 17.0. The number of fused-ring (bicyclic) bond motifs is 1. The van der Waals surface area contributed by atoms with Gasteiger partial charge in [0.15, 0.2) is 0 Å². The van der Waals surface area contributed by atoms with Gasteiger partial charge in [0.05, 0.1) is 18.3 Å². The fourth-order valence-electron chi connectivity index (χ4n) is 3.97. The Balaban J connectivity index is 1.81. The number of carbonyl (C=O) groups is 1. The zero-order valence-corrected chi connectivity index (χ0v) is 17.2. The van der Waals surface area contributed by atoms with Gasteiger partial charge in [0.25, 0.3) is 5.91 Å². The van der Waals surface area contributed by atoms with Crippen molar-refractivity contribution in [3.63, 3.8) is 0 Å². The third-order valence-electron chi connectivity index (χ3n) is 5.99. The van der Waals surface area contributed by atoms with Crippen molar-refractivity contribution >= 4 is 22.5 Å². The second kappa shape index (κ2) is 7.76. The van der Waals surface area contributed by atoms with Gasteiger partial charge in [0.1, 0.15) is 11.4 Å². The highest BCUT2D eigenvalue weighted by Gasteiger charge is 2.29. The summed E-state index contributed by atoms with van der Waals surface area (Å²) in [5.74, 6) is -0.958. The van der Waals surface area contributed by atoms with Crippen LogP contribution in [0.2, 0.25) is 0 Å². The molecular formula is C21H27FN4O3. The summed E-state index contributed by atoms with van der Waals surface area (Å²) in [4.78, 5) is 34.9. The predicted molar refractivity (Wildman–Crippen MR) is 110 cm³/mol. The molecule has 0 radical (unpaired) electrons. The molecule has 2 aromatic rings. The second-order valence-electron chi connectivity index (χ2n) is 7.74. The lowest BCUT2D eigenvalue weighted by Crippen LogP contribution is -2.46. The Morgan fingerprint density at radius 3 is 2.52 bits per heavy atom. The molecule has 29 heavy (non-hydrogen) atoms. The Morgan fingerprint density at radius 1 is 1.24 bits per heavy atom. The summed E-state index contributed by atoms with van der Waals surface area (Å²) in [5.41, 5.74) is 0.739. The molecule has 0 bridgehead atoms. The molecule has 1 aromatic carbocycles. The Hall–Kier alpha value is -2.45. The van der Waals surface area contributed by atoms with Crippen LogP contribution in [-0.4, -0.2) is 67.3 Å². The number of anilines is 1. The summed E-state index contributed by atoms with van der Waals surface area (Å²) in [6.45, 7) is 6.39. The number of aromatic nitrogens is 1. The first-order valence-electron chi connectivity index (χ1n) is 10.1. The minimum atomic E-state index is -0.533. The quantitative estimate of drug-likeness (QED) is 0.718. The van der Waals surface area contributed by atoms with Gasteiger partial charge in [-0.3, -0.25) is 14.4 Å². The fraction of sp³-hybridized carbons (Fsp3) is 0.524. The molecule has 1 saturated carbocycles. The highest BCUT2D eigenvalue weighted by Crippen LogP contribution is 2.38. The topological polar surface area (TPSA) is 58.0 Å². The van der Waals surface area contributed by atoms with Gasteiger partial charge in [0.2, 0.25) is 5.43 Å². The highest BCUT2D eigenvalue weighted by molar-refractivity contribution is 5.97. The molecule has 0 spiro atoms. The molecule has 0 atom stereocenters. The van der Waals surface area contributed by atoms with Gasteiger partial charge in [-0.1, -0.05) is 6.92 Å². The second-order valence-corrected chi connectivity index (χ2v) is 7.74. The molecule has 1 saturated heterocycles. The van der Waals surface area contributed by atoms with Crippen molar-refractivity contribution < 1.29 is 14.0 Å². The van der Waals surface area contributed by atoms with Gasteiger partial charge >= 0.3 is 0 Å². The number of hydrogen-bond donors (Lipinski definition) is 0. The molecule has 1 aromatic heterocycles. The number of amides is 1. The third-order valence-corrected chi connectivity index (χ3v) is 5.99. The Bertz CT molecular complexity index is 994. The number of piperazine rings is 1. The van der Waals surface area contributed by atoms with Crippen LogP contribution in [0.4, 0.5) is 10.1 Å². The lowest BCUT2D eigenvalue weighted by atomic mass is 10.1. The van der Waals surface area contributed by atoms with Crippen molar-refractivity contribution in [1.82, 2.24) is 14.5 Å². The summed E-state index contributed by atoms with van der Waals surface area (Å²) >= 11 is 0. The zero-order chi connectivity index (χ0) is 20.7. The summed E-state index contributed by atoms with van der Waals surface area (Å²) in [5, 5.41) is 1.25. The summed E-state index contributed by atoms with van der Waals surface area (Å²) in [6.07, 6.45) is 3.57. The molecule has 2 aliphatic rings. The van der Waals surface area contributed by atoms with Crippen molar-refractivity contribution in [3.05, 3.63) is 39.9 Å². The van der Waals surface area contributed by atoms with Gasteiger partial charge < -0.3 is 14.4 Å². The van der Waals surface area contributed by atoms with Crippen molar-refractivity contribution in [2.45, 2.75) is 25.8 Å². The third kappa shape index (κ3) is 3.62. The largest absolute Gasteiger partial charge is 0.367 e. The minimum Gasteiger partial charge on any atom is -0.367 e. The number of nitrogens with zero attached hydrogens (tertiary/aromatic N) is 4. The molecule has 0 unspecified atom stereocenters. The van der Waals surface area contributed by atoms with E-state index in [4.69, 9.17) is 4.84 Å². The predicted octanol–water partition coefficient (Wildman–Crippen LogP) is 2.25. The molecule has 1 aliphatic carbocycles. The summed E-state index contributed by atoms with van der Waals surface area (Å²) in [6, 6.07) is 3.30. The molecular weight excluding hydrogens is 375 g/mol. The standard InChI is InChI=1S/C21H27FN4O3/c1-4-24-7-9-25(10-8-24)19-12-18-15(11-17(19)22)20(27)16(21(28)23(2)29-3)13-26(18)14-5-6-14/h11-14H,4-10H2,1-3H3. The lowest BCUT2D eigenvalue weighted by Gasteiger charge is -2.35. The Morgan fingerprint density at radius 2 is 1.93 bits per heavy atom. The first-order valence-corrected chi connectivity index (χ1v) is 10.1. The van der Waals surface area contributed by atoms with E-state index >= 15 is 4.39 Å². The normalized spacial score (nSPS) is 17.7. The molecule has 156 valence electrons. The van der Waals surface area contributed by atoms with Crippen LogP contribution in [0.1, 0.15) is 36.2 Å². The number of pyridine rings is 1. The first kappa shape index (κ1) is 19.8. The monoisotopic (exact) mass is 402 g/mol. The Labute approximate surface area is 169 Å². The molecule has 2 fully saturated rings. The number of benzene rings is 1. The lowest BCUT2D eigenvalue weighted by molar-refractivity contribution is -0.0758. The SMILES string of the molecule is CCN1CCN(c2cc3c(cc2F)c(=O)c(C(=O)N(C)OC)cn3C2CC2)CC1. The smallest absolute Gasteiger partial charge is 0.282 e. The van der Waals surface area contributed by atoms with E-state index < -0.39 is 17.2 Å². The number of rotatable bonds is 5. The molecule has 8 heteroatoms. The van der Waals surface area contributed by atoms with E-state index in [-0.39, 0.29) is 17.0 Å². The number of carbonyl (C=O) groups excluding carboxylic acids is 1. The van der Waals surface area contributed by atoms with E-state index in [0.29, 0.717) is 11.2 Å². The minimum absolute atomic E-state index is 0.00235. The van der Waals surface area contributed by atoms with Gasteiger partial charge in [0, 0.05) is 50.9 Å².